The first-order valence-electron chi connectivity index (χ1n) is 7.65. The quantitative estimate of drug-likeness (QED) is 0.872. The van der Waals surface area contributed by atoms with Crippen molar-refractivity contribution in [1.82, 2.24) is 9.62 Å². The van der Waals surface area contributed by atoms with Gasteiger partial charge in [-0.05, 0) is 43.5 Å². The molecule has 21 heavy (non-hydrogen) atoms. The van der Waals surface area contributed by atoms with Gasteiger partial charge in [0, 0.05) is 25.2 Å². The molecule has 2 aliphatic rings. The molecule has 0 spiro atoms. The van der Waals surface area contributed by atoms with Gasteiger partial charge in [0.25, 0.3) is 0 Å². The molecule has 2 unspecified atom stereocenters. The summed E-state index contributed by atoms with van der Waals surface area (Å²) >= 11 is 0. The predicted octanol–water partition coefficient (Wildman–Crippen LogP) is 1.05. The van der Waals surface area contributed by atoms with E-state index < -0.39 is 10.0 Å². The van der Waals surface area contributed by atoms with Crippen molar-refractivity contribution in [2.75, 3.05) is 13.1 Å². The molecular formula is C15H23N3O2S. The Morgan fingerprint density at radius 1 is 1.24 bits per heavy atom. The van der Waals surface area contributed by atoms with Crippen LogP contribution in [0.15, 0.2) is 29.2 Å². The SMILES string of the molecule is NCc1cccc(S(=O)(=O)NC2CCN3CCCCC23)c1. The van der Waals surface area contributed by atoms with Crippen molar-refractivity contribution in [3.05, 3.63) is 29.8 Å². The van der Waals surface area contributed by atoms with Crippen molar-refractivity contribution in [3.8, 4) is 0 Å². The van der Waals surface area contributed by atoms with Crippen LogP contribution in [-0.4, -0.2) is 38.5 Å². The number of nitrogens with two attached hydrogens (primary N) is 1. The zero-order chi connectivity index (χ0) is 14.9. The lowest BCUT2D eigenvalue weighted by molar-refractivity contribution is 0.186. The van der Waals surface area contributed by atoms with E-state index in [0.717, 1.165) is 31.5 Å². The van der Waals surface area contributed by atoms with Gasteiger partial charge >= 0.3 is 0 Å². The van der Waals surface area contributed by atoms with E-state index >= 15 is 0 Å². The molecule has 3 rings (SSSR count). The normalized spacial score (nSPS) is 26.7. The van der Waals surface area contributed by atoms with Crippen LogP contribution in [-0.2, 0) is 16.6 Å². The van der Waals surface area contributed by atoms with Gasteiger partial charge in [0.2, 0.25) is 10.0 Å². The Morgan fingerprint density at radius 3 is 2.90 bits per heavy atom. The second-order valence-corrected chi connectivity index (χ2v) is 7.68. The van der Waals surface area contributed by atoms with E-state index in [0.29, 0.717) is 17.5 Å². The standard InChI is InChI=1S/C15H23N3O2S/c16-11-12-4-3-5-13(10-12)21(19,20)17-14-7-9-18-8-2-1-6-15(14)18/h3-5,10,14-15,17H,1-2,6-9,11,16H2. The van der Waals surface area contributed by atoms with Crippen LogP contribution < -0.4 is 10.5 Å². The molecule has 0 bridgehead atoms. The minimum Gasteiger partial charge on any atom is -0.326 e. The smallest absolute Gasteiger partial charge is 0.240 e. The molecular weight excluding hydrogens is 286 g/mol. The molecule has 0 amide bonds. The third-order valence-electron chi connectivity index (χ3n) is 4.61. The summed E-state index contributed by atoms with van der Waals surface area (Å²) < 4.78 is 28.0. The summed E-state index contributed by atoms with van der Waals surface area (Å²) in [6.07, 6.45) is 4.42. The number of nitrogens with zero attached hydrogens (tertiary/aromatic N) is 1. The van der Waals surface area contributed by atoms with Gasteiger partial charge in [0.05, 0.1) is 4.90 Å². The Labute approximate surface area is 126 Å². The van der Waals surface area contributed by atoms with Crippen LogP contribution >= 0.6 is 0 Å². The molecule has 0 aromatic heterocycles. The monoisotopic (exact) mass is 309 g/mol. The van der Waals surface area contributed by atoms with E-state index in [9.17, 15) is 8.42 Å². The van der Waals surface area contributed by atoms with Crippen LogP contribution in [0.5, 0.6) is 0 Å². The molecule has 1 aromatic carbocycles. The van der Waals surface area contributed by atoms with Gasteiger partial charge in [-0.15, -0.1) is 0 Å². The Bertz CT molecular complexity index is 603. The molecule has 0 radical (unpaired) electrons. The van der Waals surface area contributed by atoms with Gasteiger partial charge in [-0.3, -0.25) is 4.90 Å². The number of piperidine rings is 1. The lowest BCUT2D eigenvalue weighted by atomic mass is 10.00. The Hall–Kier alpha value is -0.950. The molecule has 0 aliphatic carbocycles. The molecule has 0 saturated carbocycles. The molecule has 2 heterocycles. The van der Waals surface area contributed by atoms with Crippen LogP contribution in [0, 0.1) is 0 Å². The molecule has 2 atom stereocenters. The van der Waals surface area contributed by atoms with Gasteiger partial charge in [-0.2, -0.15) is 0 Å². The molecule has 5 nitrogen and oxygen atoms in total. The van der Waals surface area contributed by atoms with Crippen molar-refractivity contribution < 1.29 is 8.42 Å². The molecule has 2 aliphatic heterocycles. The van der Waals surface area contributed by atoms with Crippen LogP contribution in [0.1, 0.15) is 31.2 Å². The number of hydrogen-bond acceptors (Lipinski definition) is 4. The highest BCUT2D eigenvalue weighted by molar-refractivity contribution is 7.89. The fraction of sp³-hybridized carbons (Fsp3) is 0.600. The van der Waals surface area contributed by atoms with Gasteiger partial charge < -0.3 is 5.73 Å². The number of sulfonamides is 1. The van der Waals surface area contributed by atoms with E-state index in [1.165, 1.54) is 12.8 Å². The highest BCUT2D eigenvalue weighted by Gasteiger charge is 2.37. The van der Waals surface area contributed by atoms with Gasteiger partial charge in [-0.25, -0.2) is 13.1 Å². The molecule has 2 fully saturated rings. The van der Waals surface area contributed by atoms with E-state index in [1.54, 1.807) is 18.2 Å². The molecule has 2 saturated heterocycles. The average molecular weight is 309 g/mol. The zero-order valence-electron chi connectivity index (χ0n) is 12.2. The van der Waals surface area contributed by atoms with Crippen molar-refractivity contribution in [2.24, 2.45) is 5.73 Å². The maximum atomic E-state index is 12.6. The highest BCUT2D eigenvalue weighted by Crippen LogP contribution is 2.28. The maximum absolute atomic E-state index is 12.6. The largest absolute Gasteiger partial charge is 0.326 e. The van der Waals surface area contributed by atoms with E-state index in [1.807, 2.05) is 6.07 Å². The Balaban J connectivity index is 1.76. The fourth-order valence-electron chi connectivity index (χ4n) is 3.49. The molecule has 3 N–H and O–H groups in total. The van der Waals surface area contributed by atoms with Crippen molar-refractivity contribution in [1.29, 1.82) is 0 Å². The summed E-state index contributed by atoms with van der Waals surface area (Å²) in [5.41, 5.74) is 6.43. The number of fused-ring (bicyclic) bond motifs is 1. The van der Waals surface area contributed by atoms with E-state index in [4.69, 9.17) is 5.73 Å². The molecule has 1 aromatic rings. The number of nitrogens with one attached hydrogen (secondary N) is 1. The minimum absolute atomic E-state index is 0.0387. The van der Waals surface area contributed by atoms with Gasteiger partial charge in [-0.1, -0.05) is 18.6 Å². The van der Waals surface area contributed by atoms with Crippen LogP contribution in [0.3, 0.4) is 0 Å². The number of rotatable bonds is 4. The fourth-order valence-corrected chi connectivity index (χ4v) is 4.87. The first kappa shape index (κ1) is 15.0. The Kier molecular flexibility index (Phi) is 4.31. The van der Waals surface area contributed by atoms with E-state index in [-0.39, 0.29) is 6.04 Å². The van der Waals surface area contributed by atoms with Crippen molar-refractivity contribution >= 4 is 10.0 Å². The summed E-state index contributed by atoms with van der Waals surface area (Å²) in [4.78, 5) is 2.74. The summed E-state index contributed by atoms with van der Waals surface area (Å²) in [5, 5.41) is 0. The summed E-state index contributed by atoms with van der Waals surface area (Å²) in [6, 6.07) is 7.30. The van der Waals surface area contributed by atoms with E-state index in [2.05, 4.69) is 9.62 Å². The highest BCUT2D eigenvalue weighted by atomic mass is 32.2. The van der Waals surface area contributed by atoms with Gasteiger partial charge in [0.15, 0.2) is 0 Å². The third kappa shape index (κ3) is 3.13. The Morgan fingerprint density at radius 2 is 2.10 bits per heavy atom. The second kappa shape index (κ2) is 6.04. The lowest BCUT2D eigenvalue weighted by Crippen LogP contribution is -2.46. The summed E-state index contributed by atoms with van der Waals surface area (Å²) in [5.74, 6) is 0. The second-order valence-electron chi connectivity index (χ2n) is 5.97. The third-order valence-corrected chi connectivity index (χ3v) is 6.09. The summed E-state index contributed by atoms with van der Waals surface area (Å²) in [6.45, 7) is 2.45. The topological polar surface area (TPSA) is 75.4 Å². The number of benzene rings is 1. The number of hydrogen-bond donors (Lipinski definition) is 2. The lowest BCUT2D eigenvalue weighted by Gasteiger charge is -2.32. The van der Waals surface area contributed by atoms with Gasteiger partial charge in [0.1, 0.15) is 0 Å². The average Bonchev–Trinajstić information content (AvgIpc) is 2.90. The predicted molar refractivity (Wildman–Crippen MR) is 82.3 cm³/mol. The minimum atomic E-state index is -3.46. The molecule has 6 heteroatoms. The van der Waals surface area contributed by atoms with Crippen LogP contribution in [0.2, 0.25) is 0 Å². The summed E-state index contributed by atoms with van der Waals surface area (Å²) in [7, 11) is -3.46. The first-order chi connectivity index (χ1) is 10.1. The maximum Gasteiger partial charge on any atom is 0.240 e. The van der Waals surface area contributed by atoms with Crippen molar-refractivity contribution in [2.45, 2.75) is 49.2 Å². The molecule has 116 valence electrons. The zero-order valence-corrected chi connectivity index (χ0v) is 13.0. The van der Waals surface area contributed by atoms with Crippen molar-refractivity contribution in [3.63, 3.8) is 0 Å². The van der Waals surface area contributed by atoms with Crippen LogP contribution in [0.25, 0.3) is 0 Å². The first-order valence-corrected chi connectivity index (χ1v) is 9.14. The van der Waals surface area contributed by atoms with Crippen LogP contribution in [0.4, 0.5) is 0 Å².